The van der Waals surface area contributed by atoms with Crippen LogP contribution in [0, 0.1) is 12.8 Å². The average molecular weight is 455 g/mol. The number of nitrogens with one attached hydrogen (secondary N) is 1. The van der Waals surface area contributed by atoms with E-state index in [1.54, 1.807) is 18.2 Å². The fraction of sp³-hybridized carbons (Fsp3) is 0.381. The summed E-state index contributed by atoms with van der Waals surface area (Å²) < 4.78 is 27.1. The first-order valence-corrected chi connectivity index (χ1v) is 11.9. The third kappa shape index (κ3) is 5.95. The minimum Gasteiger partial charge on any atom is -0.352 e. The van der Waals surface area contributed by atoms with Crippen LogP contribution >= 0.6 is 23.2 Å². The highest BCUT2D eigenvalue weighted by Crippen LogP contribution is 2.26. The van der Waals surface area contributed by atoms with Gasteiger partial charge in [-0.3, -0.25) is 4.79 Å². The number of carbonyl (C=O) groups excluding carboxylic acids is 1. The van der Waals surface area contributed by atoms with Crippen LogP contribution in [0.1, 0.15) is 29.5 Å². The molecule has 2 aromatic carbocycles. The molecule has 0 spiro atoms. The van der Waals surface area contributed by atoms with Gasteiger partial charge in [0.05, 0.1) is 21.7 Å². The van der Waals surface area contributed by atoms with Crippen LogP contribution < -0.4 is 5.32 Å². The number of hydrogen-bond acceptors (Lipinski definition) is 3. The molecule has 1 N–H and O–H groups in total. The molecule has 1 heterocycles. The Balaban J connectivity index is 1.60. The fourth-order valence-electron chi connectivity index (χ4n) is 3.38. The van der Waals surface area contributed by atoms with E-state index in [2.05, 4.69) is 5.32 Å². The lowest BCUT2D eigenvalue weighted by Gasteiger charge is -2.31. The molecule has 29 heavy (non-hydrogen) atoms. The summed E-state index contributed by atoms with van der Waals surface area (Å²) in [5.74, 6) is -0.625. The zero-order valence-corrected chi connectivity index (χ0v) is 18.5. The highest BCUT2D eigenvalue weighted by Gasteiger charge is 2.32. The Hall–Kier alpha value is -1.60. The van der Waals surface area contributed by atoms with Crippen LogP contribution in [0.4, 0.5) is 0 Å². The lowest BCUT2D eigenvalue weighted by Crippen LogP contribution is -2.45. The third-order valence-electron chi connectivity index (χ3n) is 5.07. The predicted octanol–water partition coefficient (Wildman–Crippen LogP) is 4.16. The van der Waals surface area contributed by atoms with E-state index in [1.807, 2.05) is 31.2 Å². The maximum absolute atomic E-state index is 12.8. The molecule has 2 aromatic rings. The third-order valence-corrected chi connectivity index (χ3v) is 7.62. The quantitative estimate of drug-likeness (QED) is 0.712. The number of carbonyl (C=O) groups is 1. The van der Waals surface area contributed by atoms with E-state index < -0.39 is 10.0 Å². The second-order valence-corrected chi connectivity index (χ2v) is 10.2. The first-order chi connectivity index (χ1) is 13.7. The lowest BCUT2D eigenvalue weighted by molar-refractivity contribution is -0.126. The molecule has 1 amide bonds. The molecule has 0 saturated carbocycles. The summed E-state index contributed by atoms with van der Waals surface area (Å²) in [5, 5.41) is 3.64. The normalized spacial score (nSPS) is 17.8. The maximum atomic E-state index is 12.8. The van der Waals surface area contributed by atoms with Crippen molar-refractivity contribution in [3.05, 3.63) is 69.2 Å². The SMILES string of the molecule is Cc1ccc(CNC(=O)[C@@H]2CCCN(S(=O)(=O)Cc3ccc(Cl)c(Cl)c3)C2)cc1. The molecule has 0 radical (unpaired) electrons. The van der Waals surface area contributed by atoms with Crippen molar-refractivity contribution in [2.45, 2.75) is 32.1 Å². The van der Waals surface area contributed by atoms with E-state index >= 15 is 0 Å². The van der Waals surface area contributed by atoms with Gasteiger partial charge in [0, 0.05) is 19.6 Å². The summed E-state index contributed by atoms with van der Waals surface area (Å²) in [7, 11) is -3.55. The van der Waals surface area contributed by atoms with Crippen LogP contribution in [0.5, 0.6) is 0 Å². The Kier molecular flexibility index (Phi) is 7.22. The largest absolute Gasteiger partial charge is 0.352 e. The lowest BCUT2D eigenvalue weighted by atomic mass is 9.98. The molecular weight excluding hydrogens is 431 g/mol. The first-order valence-electron chi connectivity index (χ1n) is 9.49. The van der Waals surface area contributed by atoms with Crippen LogP contribution in [-0.2, 0) is 27.1 Å². The molecule has 5 nitrogen and oxygen atoms in total. The Morgan fingerprint density at radius 2 is 1.79 bits per heavy atom. The molecule has 0 unspecified atom stereocenters. The summed E-state index contributed by atoms with van der Waals surface area (Å²) in [6.07, 6.45) is 1.34. The van der Waals surface area contributed by atoms with Gasteiger partial charge in [-0.1, -0.05) is 59.1 Å². The van der Waals surface area contributed by atoms with Crippen LogP contribution in [0.2, 0.25) is 10.0 Å². The Morgan fingerprint density at radius 1 is 1.10 bits per heavy atom. The van der Waals surface area contributed by atoms with Crippen molar-refractivity contribution in [3.8, 4) is 0 Å². The van der Waals surface area contributed by atoms with Crippen LogP contribution in [0.3, 0.4) is 0 Å². The molecule has 0 bridgehead atoms. The number of piperidine rings is 1. The zero-order valence-electron chi connectivity index (χ0n) is 16.2. The van der Waals surface area contributed by atoms with Gasteiger partial charge in [0.2, 0.25) is 15.9 Å². The Morgan fingerprint density at radius 3 is 2.48 bits per heavy atom. The molecule has 1 aliphatic rings. The minimum absolute atomic E-state index is 0.111. The van der Waals surface area contributed by atoms with Crippen LogP contribution in [0.25, 0.3) is 0 Å². The van der Waals surface area contributed by atoms with Gasteiger partial charge in [0.1, 0.15) is 0 Å². The molecule has 1 atom stereocenters. The minimum atomic E-state index is -3.55. The van der Waals surface area contributed by atoms with Crippen molar-refractivity contribution >= 4 is 39.1 Å². The highest BCUT2D eigenvalue weighted by molar-refractivity contribution is 7.88. The number of halogens is 2. The summed E-state index contributed by atoms with van der Waals surface area (Å²) in [6, 6.07) is 12.8. The van der Waals surface area contributed by atoms with Gasteiger partial charge in [-0.05, 0) is 43.0 Å². The Bertz CT molecular complexity index is 978. The number of rotatable bonds is 6. The second kappa shape index (κ2) is 9.47. The van der Waals surface area contributed by atoms with E-state index in [0.717, 1.165) is 11.1 Å². The highest BCUT2D eigenvalue weighted by atomic mass is 35.5. The number of benzene rings is 2. The monoisotopic (exact) mass is 454 g/mol. The van der Waals surface area contributed by atoms with Gasteiger partial charge >= 0.3 is 0 Å². The van der Waals surface area contributed by atoms with E-state index in [-0.39, 0.29) is 24.1 Å². The molecule has 156 valence electrons. The topological polar surface area (TPSA) is 66.5 Å². The maximum Gasteiger partial charge on any atom is 0.224 e. The van der Waals surface area contributed by atoms with Gasteiger partial charge < -0.3 is 5.32 Å². The molecule has 1 saturated heterocycles. The van der Waals surface area contributed by atoms with Gasteiger partial charge in [-0.15, -0.1) is 0 Å². The van der Waals surface area contributed by atoms with Crippen molar-refractivity contribution in [1.29, 1.82) is 0 Å². The second-order valence-electron chi connectivity index (χ2n) is 7.41. The van der Waals surface area contributed by atoms with Gasteiger partial charge in [-0.2, -0.15) is 0 Å². The molecule has 8 heteroatoms. The summed E-state index contributed by atoms with van der Waals surface area (Å²) in [5.41, 5.74) is 2.75. The van der Waals surface area contributed by atoms with E-state index in [4.69, 9.17) is 23.2 Å². The van der Waals surface area contributed by atoms with Gasteiger partial charge in [0.25, 0.3) is 0 Å². The molecule has 0 aliphatic carbocycles. The van der Waals surface area contributed by atoms with Crippen molar-refractivity contribution in [3.63, 3.8) is 0 Å². The standard InChI is InChI=1S/C21H24Cl2N2O3S/c1-15-4-6-16(7-5-15)12-24-21(26)18-3-2-10-25(13-18)29(27,28)14-17-8-9-19(22)20(23)11-17/h4-9,11,18H,2-3,10,12-14H2,1H3,(H,24,26)/t18-/m1/s1. The smallest absolute Gasteiger partial charge is 0.224 e. The number of sulfonamides is 1. The predicted molar refractivity (Wildman–Crippen MR) is 116 cm³/mol. The number of amides is 1. The summed E-state index contributed by atoms with van der Waals surface area (Å²) >= 11 is 11.9. The van der Waals surface area contributed by atoms with E-state index in [9.17, 15) is 13.2 Å². The zero-order chi connectivity index (χ0) is 21.0. The van der Waals surface area contributed by atoms with Crippen molar-refractivity contribution in [2.24, 2.45) is 5.92 Å². The first kappa shape index (κ1) is 22.1. The fourth-order valence-corrected chi connectivity index (χ4v) is 5.30. The average Bonchev–Trinajstić information content (AvgIpc) is 2.70. The van der Waals surface area contributed by atoms with Gasteiger partial charge in [-0.25, -0.2) is 12.7 Å². The van der Waals surface area contributed by atoms with E-state index in [0.29, 0.717) is 41.5 Å². The summed E-state index contributed by atoms with van der Waals surface area (Å²) in [6.45, 7) is 3.07. The van der Waals surface area contributed by atoms with Crippen LogP contribution in [-0.4, -0.2) is 31.7 Å². The van der Waals surface area contributed by atoms with Crippen molar-refractivity contribution in [2.75, 3.05) is 13.1 Å². The Labute approximate surface area is 182 Å². The molecule has 3 rings (SSSR count). The van der Waals surface area contributed by atoms with Crippen molar-refractivity contribution < 1.29 is 13.2 Å². The summed E-state index contributed by atoms with van der Waals surface area (Å²) in [4.78, 5) is 12.6. The molecule has 0 aromatic heterocycles. The van der Waals surface area contributed by atoms with Gasteiger partial charge in [0.15, 0.2) is 0 Å². The van der Waals surface area contributed by atoms with E-state index in [1.165, 1.54) is 4.31 Å². The number of aryl methyl sites for hydroxylation is 1. The molecule has 1 fully saturated rings. The molecule has 1 aliphatic heterocycles. The number of nitrogens with zero attached hydrogens (tertiary/aromatic N) is 1. The number of hydrogen-bond donors (Lipinski definition) is 1. The van der Waals surface area contributed by atoms with Crippen molar-refractivity contribution in [1.82, 2.24) is 9.62 Å². The molecular formula is C21H24Cl2N2O3S. The van der Waals surface area contributed by atoms with Crippen LogP contribution in [0.15, 0.2) is 42.5 Å².